The van der Waals surface area contributed by atoms with Crippen LogP contribution < -0.4 is 0 Å². The van der Waals surface area contributed by atoms with Crippen LogP contribution in [0.3, 0.4) is 0 Å². The van der Waals surface area contributed by atoms with Crippen LogP contribution >= 0.6 is 23.2 Å². The molecule has 0 N–H and O–H groups in total. The molecule has 0 spiro atoms. The molecule has 0 saturated carbocycles. The molecule has 14 heavy (non-hydrogen) atoms. The minimum absolute atomic E-state index is 0.231. The van der Waals surface area contributed by atoms with E-state index in [1.54, 1.807) is 0 Å². The molecule has 0 amide bonds. The van der Waals surface area contributed by atoms with E-state index in [1.165, 1.54) is 23.7 Å². The minimum Gasteiger partial charge on any atom is -0.224 e. The van der Waals surface area contributed by atoms with Crippen LogP contribution in [-0.4, -0.2) is 24.7 Å². The quantitative estimate of drug-likeness (QED) is 0.578. The highest BCUT2D eigenvalue weighted by Crippen LogP contribution is 2.19. The molecule has 5 nitrogen and oxygen atoms in total. The summed E-state index contributed by atoms with van der Waals surface area (Å²) in [5, 5.41) is 4.27. The summed E-state index contributed by atoms with van der Waals surface area (Å²) in [6.45, 7) is 0. The number of hydrogen-bond acceptors (Lipinski definition) is 4. The van der Waals surface area contributed by atoms with Gasteiger partial charge in [0.1, 0.15) is 24.1 Å². The van der Waals surface area contributed by atoms with Gasteiger partial charge in [-0.05, 0) is 0 Å². The van der Waals surface area contributed by atoms with Crippen molar-refractivity contribution >= 4 is 23.2 Å². The molecule has 0 aliphatic heterocycles. The van der Waals surface area contributed by atoms with E-state index < -0.39 is 0 Å². The smallest absolute Gasteiger partial charge is 0.164 e. The van der Waals surface area contributed by atoms with Crippen molar-refractivity contribution in [3.05, 3.63) is 29.7 Å². The molecule has 2 heterocycles. The predicted molar refractivity (Wildman–Crippen MR) is 51.5 cm³/mol. The summed E-state index contributed by atoms with van der Waals surface area (Å²) in [5.74, 6) is 0.784. The van der Waals surface area contributed by atoms with Crippen molar-refractivity contribution in [3.8, 4) is 5.82 Å². The summed E-state index contributed by atoms with van der Waals surface area (Å²) in [5.41, 5.74) is 0.640. The first-order chi connectivity index (χ1) is 6.83. The van der Waals surface area contributed by atoms with Crippen LogP contribution in [0.15, 0.2) is 19.0 Å². The Morgan fingerprint density at radius 3 is 2.79 bits per heavy atom. The van der Waals surface area contributed by atoms with Crippen LogP contribution in [0.1, 0.15) is 5.56 Å². The van der Waals surface area contributed by atoms with Crippen molar-refractivity contribution in [1.82, 2.24) is 24.7 Å². The highest BCUT2D eigenvalue weighted by atomic mass is 35.5. The molecule has 2 rings (SSSR count). The van der Waals surface area contributed by atoms with Crippen LogP contribution in [0.25, 0.3) is 5.82 Å². The zero-order valence-electron chi connectivity index (χ0n) is 6.93. The maximum atomic E-state index is 5.85. The number of alkyl halides is 1. The van der Waals surface area contributed by atoms with Gasteiger partial charge in [-0.25, -0.2) is 19.6 Å². The molecular formula is C7H5Cl2N5. The highest BCUT2D eigenvalue weighted by Gasteiger charge is 2.10. The van der Waals surface area contributed by atoms with Gasteiger partial charge in [0, 0.05) is 5.56 Å². The van der Waals surface area contributed by atoms with Crippen LogP contribution in [0.4, 0.5) is 0 Å². The molecule has 0 aliphatic carbocycles. The molecule has 72 valence electrons. The maximum Gasteiger partial charge on any atom is 0.164 e. The van der Waals surface area contributed by atoms with Gasteiger partial charge in [0.25, 0.3) is 0 Å². The standard InChI is InChI=1S/C7H5Cl2N5/c8-1-5-6(9)11-3-12-7(5)14-4-10-2-13-14/h2-4H,1H2. The molecule has 0 aliphatic rings. The first-order valence-corrected chi connectivity index (χ1v) is 4.64. The molecule has 7 heteroatoms. The van der Waals surface area contributed by atoms with Crippen molar-refractivity contribution < 1.29 is 0 Å². The Labute approximate surface area is 89.7 Å². The van der Waals surface area contributed by atoms with Gasteiger partial charge in [-0.1, -0.05) is 11.6 Å². The molecule has 0 atom stereocenters. The van der Waals surface area contributed by atoms with Gasteiger partial charge >= 0.3 is 0 Å². The van der Waals surface area contributed by atoms with Crippen LogP contribution in [0.2, 0.25) is 5.15 Å². The van der Waals surface area contributed by atoms with Crippen LogP contribution in [-0.2, 0) is 5.88 Å². The van der Waals surface area contributed by atoms with E-state index >= 15 is 0 Å². The average molecular weight is 230 g/mol. The van der Waals surface area contributed by atoms with Crippen molar-refractivity contribution in [3.63, 3.8) is 0 Å². The molecule has 0 aromatic carbocycles. The molecule has 0 bridgehead atoms. The molecular weight excluding hydrogens is 225 g/mol. The van der Waals surface area contributed by atoms with E-state index in [-0.39, 0.29) is 5.88 Å². The zero-order chi connectivity index (χ0) is 9.97. The van der Waals surface area contributed by atoms with Crippen molar-refractivity contribution in [2.75, 3.05) is 0 Å². The molecule has 0 unspecified atom stereocenters. The van der Waals surface area contributed by atoms with Crippen molar-refractivity contribution in [1.29, 1.82) is 0 Å². The number of aromatic nitrogens is 5. The summed E-state index contributed by atoms with van der Waals surface area (Å²) < 4.78 is 1.49. The number of nitrogens with zero attached hydrogens (tertiary/aromatic N) is 5. The third-order valence-corrected chi connectivity index (χ3v) is 2.23. The van der Waals surface area contributed by atoms with E-state index in [2.05, 4.69) is 20.1 Å². The van der Waals surface area contributed by atoms with Gasteiger partial charge in [0.2, 0.25) is 0 Å². The Morgan fingerprint density at radius 1 is 1.29 bits per heavy atom. The lowest BCUT2D eigenvalue weighted by Crippen LogP contribution is -2.03. The number of hydrogen-bond donors (Lipinski definition) is 0. The Morgan fingerprint density at radius 2 is 2.14 bits per heavy atom. The fourth-order valence-corrected chi connectivity index (χ4v) is 1.52. The van der Waals surface area contributed by atoms with E-state index in [9.17, 15) is 0 Å². The molecule has 2 aromatic rings. The fraction of sp³-hybridized carbons (Fsp3) is 0.143. The summed E-state index contributed by atoms with van der Waals surface area (Å²) in [6, 6.07) is 0. The first-order valence-electron chi connectivity index (χ1n) is 3.73. The van der Waals surface area contributed by atoms with Gasteiger partial charge in [-0.15, -0.1) is 11.6 Å². The Balaban J connectivity index is 2.58. The summed E-state index contributed by atoms with van der Waals surface area (Å²) in [6.07, 6.45) is 4.29. The van der Waals surface area contributed by atoms with Gasteiger partial charge in [0.15, 0.2) is 5.82 Å². The van der Waals surface area contributed by atoms with Gasteiger partial charge in [-0.3, -0.25) is 0 Å². The topological polar surface area (TPSA) is 56.5 Å². The van der Waals surface area contributed by atoms with E-state index in [1.807, 2.05) is 0 Å². The normalized spacial score (nSPS) is 10.4. The minimum atomic E-state index is 0.231. The second-order valence-electron chi connectivity index (χ2n) is 2.44. The lowest BCUT2D eigenvalue weighted by molar-refractivity contribution is 0.825. The van der Waals surface area contributed by atoms with Gasteiger partial charge in [-0.2, -0.15) is 5.10 Å². The molecule has 0 radical (unpaired) electrons. The van der Waals surface area contributed by atoms with E-state index in [0.29, 0.717) is 16.5 Å². The SMILES string of the molecule is ClCc1c(Cl)ncnc1-n1cncn1. The average Bonchev–Trinajstić information content (AvgIpc) is 2.70. The van der Waals surface area contributed by atoms with Crippen LogP contribution in [0.5, 0.6) is 0 Å². The summed E-state index contributed by atoms with van der Waals surface area (Å²) in [7, 11) is 0. The monoisotopic (exact) mass is 229 g/mol. The van der Waals surface area contributed by atoms with E-state index in [4.69, 9.17) is 23.2 Å². The number of rotatable bonds is 2. The third-order valence-electron chi connectivity index (χ3n) is 1.64. The predicted octanol–water partition coefficient (Wildman–Crippen LogP) is 1.45. The molecule has 0 fully saturated rings. The van der Waals surface area contributed by atoms with Crippen molar-refractivity contribution in [2.24, 2.45) is 0 Å². The van der Waals surface area contributed by atoms with Gasteiger partial charge < -0.3 is 0 Å². The molecule has 2 aromatic heterocycles. The lowest BCUT2D eigenvalue weighted by Gasteiger charge is -2.05. The van der Waals surface area contributed by atoms with E-state index in [0.717, 1.165) is 0 Å². The molecule has 0 saturated heterocycles. The second-order valence-corrected chi connectivity index (χ2v) is 3.07. The Bertz CT molecular complexity index is 428. The summed E-state index contributed by atoms with van der Waals surface area (Å²) in [4.78, 5) is 11.7. The second kappa shape index (κ2) is 3.89. The zero-order valence-corrected chi connectivity index (χ0v) is 8.44. The summed E-state index contributed by atoms with van der Waals surface area (Å²) >= 11 is 11.6. The van der Waals surface area contributed by atoms with Crippen molar-refractivity contribution in [2.45, 2.75) is 5.88 Å². The maximum absolute atomic E-state index is 5.85. The Kier molecular flexibility index (Phi) is 2.60. The first kappa shape index (κ1) is 9.36. The highest BCUT2D eigenvalue weighted by molar-refractivity contribution is 6.31. The lowest BCUT2D eigenvalue weighted by atomic mass is 10.3. The number of halogens is 2. The third kappa shape index (κ3) is 1.56. The van der Waals surface area contributed by atoms with Crippen LogP contribution in [0, 0.1) is 0 Å². The Hall–Kier alpha value is -1.20. The largest absolute Gasteiger partial charge is 0.224 e. The van der Waals surface area contributed by atoms with Gasteiger partial charge in [0.05, 0.1) is 5.88 Å². The fourth-order valence-electron chi connectivity index (χ4n) is 1.01.